The molecule has 27 heavy (non-hydrogen) atoms. The van der Waals surface area contributed by atoms with Gasteiger partial charge in [0.25, 0.3) is 0 Å². The monoisotopic (exact) mass is 370 g/mol. The minimum atomic E-state index is -0.378. The number of quaternary nitrogens is 1. The van der Waals surface area contributed by atoms with Gasteiger partial charge in [0, 0.05) is 24.9 Å². The highest BCUT2D eigenvalue weighted by molar-refractivity contribution is 5.65. The lowest BCUT2D eigenvalue weighted by Gasteiger charge is -2.33. The molecule has 1 aromatic carbocycles. The standard InChI is InChI=1S/C23H32NO3/c1-7-27-23(13-9-8-10-14-23)20-12-11-19(15-16(20)2)21-17(3)22(21)24(5,26-6)18(4)25/h8-13,15,17,21-22H,7,14H2,1-6H3/q+1/t17-,21-,22+,23?,24?/m0/s1. The van der Waals surface area contributed by atoms with E-state index in [-0.39, 0.29) is 22.2 Å². The number of allylic oxidation sites excluding steroid dienone is 2. The van der Waals surface area contributed by atoms with Gasteiger partial charge in [-0.25, -0.2) is 4.79 Å². The molecular weight excluding hydrogens is 338 g/mol. The van der Waals surface area contributed by atoms with Gasteiger partial charge in [0.15, 0.2) is 0 Å². The van der Waals surface area contributed by atoms with Gasteiger partial charge >= 0.3 is 5.91 Å². The Hall–Kier alpha value is -1.75. The number of hydrogen-bond donors (Lipinski definition) is 0. The summed E-state index contributed by atoms with van der Waals surface area (Å²) in [5.41, 5.74) is 3.35. The summed E-state index contributed by atoms with van der Waals surface area (Å²) in [5.74, 6) is 0.776. The first-order valence-corrected chi connectivity index (χ1v) is 9.83. The molecule has 0 heterocycles. The van der Waals surface area contributed by atoms with E-state index in [0.29, 0.717) is 18.4 Å². The molecule has 5 atom stereocenters. The minimum absolute atomic E-state index is 0.0308. The van der Waals surface area contributed by atoms with Gasteiger partial charge in [-0.3, -0.25) is 0 Å². The van der Waals surface area contributed by atoms with E-state index in [0.717, 1.165) is 6.42 Å². The van der Waals surface area contributed by atoms with E-state index in [9.17, 15) is 4.79 Å². The largest absolute Gasteiger partial charge is 0.366 e. The van der Waals surface area contributed by atoms with Crippen molar-refractivity contribution in [3.05, 3.63) is 59.2 Å². The Morgan fingerprint density at radius 2 is 2.07 bits per heavy atom. The van der Waals surface area contributed by atoms with Crippen LogP contribution in [0.2, 0.25) is 0 Å². The Kier molecular flexibility index (Phi) is 5.44. The van der Waals surface area contributed by atoms with Crippen molar-refractivity contribution in [3.8, 4) is 0 Å². The van der Waals surface area contributed by atoms with Crippen LogP contribution >= 0.6 is 0 Å². The van der Waals surface area contributed by atoms with E-state index in [4.69, 9.17) is 9.57 Å². The predicted octanol–water partition coefficient (Wildman–Crippen LogP) is 4.40. The zero-order valence-electron chi connectivity index (χ0n) is 17.4. The number of nitrogens with zero attached hydrogens (tertiary/aromatic N) is 1. The third-order valence-corrected chi connectivity index (χ3v) is 6.43. The molecule has 0 spiro atoms. The summed E-state index contributed by atoms with van der Waals surface area (Å²) in [4.78, 5) is 17.8. The highest BCUT2D eigenvalue weighted by atomic mass is 16.7. The number of hydroxylamine groups is 3. The molecule has 3 rings (SSSR count). The molecule has 0 aliphatic heterocycles. The zero-order chi connectivity index (χ0) is 19.8. The van der Waals surface area contributed by atoms with Crippen molar-refractivity contribution in [2.24, 2.45) is 5.92 Å². The molecular formula is C23H32NO3+. The fraction of sp³-hybridized carbons (Fsp3) is 0.522. The second-order valence-corrected chi connectivity index (χ2v) is 7.96. The van der Waals surface area contributed by atoms with Crippen molar-refractivity contribution in [2.45, 2.75) is 51.7 Å². The van der Waals surface area contributed by atoms with E-state index in [2.05, 4.69) is 56.4 Å². The highest BCUT2D eigenvalue weighted by Crippen LogP contribution is 2.54. The maximum absolute atomic E-state index is 12.2. The Morgan fingerprint density at radius 3 is 2.59 bits per heavy atom. The minimum Gasteiger partial charge on any atom is -0.366 e. The van der Waals surface area contributed by atoms with Gasteiger partial charge in [0.05, 0.1) is 14.0 Å². The van der Waals surface area contributed by atoms with Gasteiger partial charge in [-0.15, -0.1) is 4.65 Å². The summed E-state index contributed by atoms with van der Waals surface area (Å²) < 4.78 is 6.22. The van der Waals surface area contributed by atoms with E-state index in [1.807, 2.05) is 14.0 Å². The van der Waals surface area contributed by atoms with Crippen LogP contribution < -0.4 is 0 Å². The highest BCUT2D eigenvalue weighted by Gasteiger charge is 2.63. The second-order valence-electron chi connectivity index (χ2n) is 7.96. The van der Waals surface area contributed by atoms with Gasteiger partial charge < -0.3 is 4.74 Å². The Labute approximate surface area is 163 Å². The number of amides is 1. The molecule has 4 nitrogen and oxygen atoms in total. The van der Waals surface area contributed by atoms with Gasteiger partial charge in [0.1, 0.15) is 18.7 Å². The number of hydrogen-bond acceptors (Lipinski definition) is 3. The molecule has 0 N–H and O–H groups in total. The Balaban J connectivity index is 1.91. The van der Waals surface area contributed by atoms with Crippen LogP contribution in [0.3, 0.4) is 0 Å². The summed E-state index contributed by atoms with van der Waals surface area (Å²) >= 11 is 0. The zero-order valence-corrected chi connectivity index (χ0v) is 17.4. The van der Waals surface area contributed by atoms with Gasteiger partial charge in [-0.05, 0) is 36.6 Å². The molecule has 4 heteroatoms. The number of rotatable bonds is 6. The number of carbonyl (C=O) groups is 1. The van der Waals surface area contributed by atoms with Crippen molar-refractivity contribution >= 4 is 5.91 Å². The molecule has 146 valence electrons. The smallest absolute Gasteiger partial charge is 0.342 e. The van der Waals surface area contributed by atoms with E-state index < -0.39 is 0 Å². The van der Waals surface area contributed by atoms with Gasteiger partial charge in [-0.1, -0.05) is 43.4 Å². The van der Waals surface area contributed by atoms with Crippen molar-refractivity contribution in [1.29, 1.82) is 0 Å². The third kappa shape index (κ3) is 3.31. The van der Waals surface area contributed by atoms with Crippen LogP contribution in [-0.2, 0) is 20.0 Å². The predicted molar refractivity (Wildman–Crippen MR) is 107 cm³/mol. The lowest BCUT2D eigenvalue weighted by molar-refractivity contribution is -1.03. The average Bonchev–Trinajstić information content (AvgIpc) is 3.33. The number of likely N-dealkylation sites (N-methyl/N-ethyl adjacent to an activating group) is 1. The van der Waals surface area contributed by atoms with Crippen LogP contribution in [0, 0.1) is 12.8 Å². The molecule has 0 aromatic heterocycles. The van der Waals surface area contributed by atoms with Crippen LogP contribution in [-0.4, -0.2) is 37.4 Å². The lowest BCUT2D eigenvalue weighted by Crippen LogP contribution is -2.50. The van der Waals surface area contributed by atoms with E-state index in [1.54, 1.807) is 14.0 Å². The summed E-state index contributed by atoms with van der Waals surface area (Å²) in [6.45, 7) is 8.67. The van der Waals surface area contributed by atoms with Crippen molar-refractivity contribution in [2.75, 3.05) is 20.8 Å². The number of benzene rings is 1. The van der Waals surface area contributed by atoms with E-state index in [1.165, 1.54) is 16.7 Å². The third-order valence-electron chi connectivity index (χ3n) is 6.43. The summed E-state index contributed by atoms with van der Waals surface area (Å²) in [6, 6.07) is 6.84. The number of aryl methyl sites for hydroxylation is 1. The molecule has 2 aliphatic rings. The molecule has 2 unspecified atom stereocenters. The van der Waals surface area contributed by atoms with Gasteiger partial charge in [-0.2, -0.15) is 4.84 Å². The number of carbonyl (C=O) groups excluding carboxylic acids is 1. The van der Waals surface area contributed by atoms with Crippen LogP contribution in [0.4, 0.5) is 0 Å². The molecule has 0 radical (unpaired) electrons. The normalized spacial score (nSPS) is 31.6. The molecule has 0 saturated heterocycles. The maximum Gasteiger partial charge on any atom is 0.342 e. The summed E-state index contributed by atoms with van der Waals surface area (Å²) in [5, 5.41) is 0. The molecule has 1 saturated carbocycles. The summed E-state index contributed by atoms with van der Waals surface area (Å²) in [7, 11) is 3.49. The Bertz CT molecular complexity index is 784. The fourth-order valence-corrected chi connectivity index (χ4v) is 4.77. The summed E-state index contributed by atoms with van der Waals surface area (Å²) in [6.07, 6.45) is 9.32. The van der Waals surface area contributed by atoms with Crippen LogP contribution in [0.25, 0.3) is 0 Å². The Morgan fingerprint density at radius 1 is 1.33 bits per heavy atom. The van der Waals surface area contributed by atoms with Crippen molar-refractivity contribution < 1.29 is 19.0 Å². The first kappa shape index (κ1) is 20.0. The van der Waals surface area contributed by atoms with Crippen molar-refractivity contribution in [1.82, 2.24) is 0 Å². The molecule has 2 aliphatic carbocycles. The SMILES string of the molecule is CCOC1(c2ccc([C@@H]3[C@H](C)[C@H]3[N+](C)(OC)C(C)=O)cc2C)C=CC=CC1. The molecule has 1 fully saturated rings. The van der Waals surface area contributed by atoms with E-state index >= 15 is 0 Å². The lowest BCUT2D eigenvalue weighted by atomic mass is 9.83. The van der Waals surface area contributed by atoms with Crippen LogP contribution in [0.15, 0.2) is 42.5 Å². The van der Waals surface area contributed by atoms with Gasteiger partial charge in [0.2, 0.25) is 0 Å². The average molecular weight is 371 g/mol. The van der Waals surface area contributed by atoms with Crippen molar-refractivity contribution in [3.63, 3.8) is 0 Å². The fourth-order valence-electron chi connectivity index (χ4n) is 4.77. The molecule has 1 aromatic rings. The molecule has 0 bridgehead atoms. The maximum atomic E-state index is 12.2. The first-order valence-electron chi connectivity index (χ1n) is 9.83. The quantitative estimate of drug-likeness (QED) is 0.550. The number of ether oxygens (including phenoxy) is 1. The topological polar surface area (TPSA) is 35.5 Å². The second kappa shape index (κ2) is 7.34. The molecule has 1 amide bonds. The first-order chi connectivity index (χ1) is 12.8. The van der Waals surface area contributed by atoms with Crippen LogP contribution in [0.5, 0.6) is 0 Å². The van der Waals surface area contributed by atoms with Crippen LogP contribution in [0.1, 0.15) is 49.8 Å².